The fourth-order valence-corrected chi connectivity index (χ4v) is 15.0. The quantitative estimate of drug-likeness (QED) is 0.0222. The van der Waals surface area contributed by atoms with Crippen LogP contribution in [0.2, 0.25) is 0 Å². The molecule has 0 aliphatic carbocycles. The normalized spacial score (nSPS) is 14.1. The third kappa shape index (κ3) is 78.5. The van der Waals surface area contributed by atoms with Crippen molar-refractivity contribution >= 4 is 39.5 Å². The van der Waals surface area contributed by atoms with Gasteiger partial charge in [0.25, 0.3) is 0 Å². The molecule has 0 bridgehead atoms. The Hall–Kier alpha value is -1.94. The van der Waals surface area contributed by atoms with E-state index in [2.05, 4.69) is 41.5 Å². The van der Waals surface area contributed by atoms with Gasteiger partial charge in [-0.25, -0.2) is 9.13 Å². The number of rotatable bonds is 85. The Labute approximate surface area is 645 Å². The van der Waals surface area contributed by atoms with Crippen LogP contribution in [0.5, 0.6) is 0 Å². The molecule has 0 spiro atoms. The van der Waals surface area contributed by atoms with Crippen LogP contribution < -0.4 is 0 Å². The van der Waals surface area contributed by atoms with Gasteiger partial charge in [-0.2, -0.15) is 0 Å². The topological polar surface area (TPSA) is 237 Å². The number of ether oxygens (including phenoxy) is 4. The van der Waals surface area contributed by atoms with E-state index in [1.807, 2.05) is 0 Å². The predicted molar refractivity (Wildman–Crippen MR) is 432 cm³/mol. The van der Waals surface area contributed by atoms with E-state index in [1.165, 1.54) is 276 Å². The zero-order valence-electron chi connectivity index (χ0n) is 69.0. The molecular formula is C86H168O17P2. The van der Waals surface area contributed by atoms with Crippen molar-refractivity contribution < 1.29 is 80.2 Å². The summed E-state index contributed by atoms with van der Waals surface area (Å²) in [5.41, 5.74) is 0. The number of esters is 4. The lowest BCUT2D eigenvalue weighted by molar-refractivity contribution is -0.161. The van der Waals surface area contributed by atoms with Crippen LogP contribution in [-0.4, -0.2) is 96.7 Å². The second-order valence-corrected chi connectivity index (χ2v) is 34.6. The van der Waals surface area contributed by atoms with Gasteiger partial charge in [0.05, 0.1) is 26.4 Å². The molecule has 0 saturated heterocycles. The number of carbonyl (C=O) groups excluding carboxylic acids is 4. The Morgan fingerprint density at radius 1 is 0.276 bits per heavy atom. The zero-order valence-corrected chi connectivity index (χ0v) is 70.8. The fourth-order valence-electron chi connectivity index (χ4n) is 13.4. The van der Waals surface area contributed by atoms with Crippen LogP contribution in [0.4, 0.5) is 0 Å². The van der Waals surface area contributed by atoms with Gasteiger partial charge in [-0.15, -0.1) is 0 Å². The number of hydrogen-bond donors (Lipinski definition) is 3. The van der Waals surface area contributed by atoms with Crippen molar-refractivity contribution in [2.45, 2.75) is 477 Å². The molecule has 0 radical (unpaired) electrons. The zero-order chi connectivity index (χ0) is 77.1. The van der Waals surface area contributed by atoms with E-state index in [9.17, 15) is 43.2 Å². The standard InChI is InChI=1S/C86H168O17P2/c1-7-10-12-14-16-18-20-22-27-33-40-46-52-58-64-70-85(90)102-81(74-96-83(88)68-62-56-50-44-38-21-19-17-15-13-11-8-2)76-100-104(92,93)98-72-80(87)73-99-105(94,95)101-77-82(75-97-84(89)69-63-57-51-45-39-35-30-31-36-42-48-54-60-66-78(4)5)103-86(91)71-65-59-53-47-41-34-29-26-24-23-25-28-32-37-43-49-55-61-67-79(6)9-3/h78-82,87H,7-77H2,1-6H3,(H,92,93)(H,94,95)/t79?,80-,81+,82+/m0/s1. The van der Waals surface area contributed by atoms with Crippen LogP contribution >= 0.6 is 15.6 Å². The number of phosphoric acid groups is 2. The summed E-state index contributed by atoms with van der Waals surface area (Å²) in [5.74, 6) is -0.437. The lowest BCUT2D eigenvalue weighted by atomic mass is 9.99. The molecular weight excluding hydrogens is 1370 g/mol. The van der Waals surface area contributed by atoms with E-state index >= 15 is 0 Å². The number of carbonyl (C=O) groups is 4. The fraction of sp³-hybridized carbons (Fsp3) is 0.953. The van der Waals surface area contributed by atoms with Gasteiger partial charge in [0.1, 0.15) is 19.3 Å². The maximum Gasteiger partial charge on any atom is 0.472 e. The second-order valence-electron chi connectivity index (χ2n) is 31.6. The Bertz CT molecular complexity index is 2010. The van der Waals surface area contributed by atoms with Gasteiger partial charge in [-0.1, -0.05) is 408 Å². The minimum atomic E-state index is -4.97. The van der Waals surface area contributed by atoms with Crippen molar-refractivity contribution in [3.05, 3.63) is 0 Å². The molecule has 0 aromatic carbocycles. The molecule has 0 aliphatic heterocycles. The molecule has 0 aliphatic rings. The molecule has 6 atom stereocenters. The van der Waals surface area contributed by atoms with Crippen molar-refractivity contribution in [2.24, 2.45) is 11.8 Å². The molecule has 17 nitrogen and oxygen atoms in total. The van der Waals surface area contributed by atoms with Crippen LogP contribution in [0, 0.1) is 11.8 Å². The Morgan fingerprint density at radius 3 is 0.724 bits per heavy atom. The Kier molecular flexibility index (Phi) is 76.0. The van der Waals surface area contributed by atoms with Gasteiger partial charge < -0.3 is 33.8 Å². The van der Waals surface area contributed by atoms with Crippen molar-refractivity contribution in [1.82, 2.24) is 0 Å². The first-order valence-electron chi connectivity index (χ1n) is 44.5. The number of aliphatic hydroxyl groups excluding tert-OH is 1. The molecule has 3 unspecified atom stereocenters. The molecule has 19 heteroatoms. The van der Waals surface area contributed by atoms with E-state index in [0.717, 1.165) is 102 Å². The molecule has 624 valence electrons. The monoisotopic (exact) mass is 1540 g/mol. The number of aliphatic hydroxyl groups is 1. The molecule has 3 N–H and O–H groups in total. The van der Waals surface area contributed by atoms with E-state index < -0.39 is 97.5 Å². The minimum Gasteiger partial charge on any atom is -0.462 e. The third-order valence-corrected chi connectivity index (χ3v) is 22.5. The lowest BCUT2D eigenvalue weighted by Gasteiger charge is -2.21. The van der Waals surface area contributed by atoms with Crippen LogP contribution in [0.15, 0.2) is 0 Å². The number of hydrogen-bond acceptors (Lipinski definition) is 15. The number of unbranched alkanes of at least 4 members (excludes halogenated alkanes) is 54. The summed E-state index contributed by atoms with van der Waals surface area (Å²) in [6, 6.07) is 0. The van der Waals surface area contributed by atoms with Crippen molar-refractivity contribution in [3.63, 3.8) is 0 Å². The molecule has 0 aromatic heterocycles. The van der Waals surface area contributed by atoms with Crippen LogP contribution in [0.25, 0.3) is 0 Å². The van der Waals surface area contributed by atoms with Gasteiger partial charge >= 0.3 is 39.5 Å². The van der Waals surface area contributed by atoms with Crippen LogP contribution in [-0.2, 0) is 65.4 Å². The van der Waals surface area contributed by atoms with Crippen molar-refractivity contribution in [2.75, 3.05) is 39.6 Å². The van der Waals surface area contributed by atoms with E-state index in [-0.39, 0.29) is 25.7 Å². The van der Waals surface area contributed by atoms with E-state index in [0.29, 0.717) is 25.7 Å². The minimum absolute atomic E-state index is 0.109. The summed E-state index contributed by atoms with van der Waals surface area (Å²) >= 11 is 0. The first-order chi connectivity index (χ1) is 50.9. The smallest absolute Gasteiger partial charge is 0.462 e. The average molecular weight is 1540 g/mol. The van der Waals surface area contributed by atoms with E-state index in [4.69, 9.17) is 37.0 Å². The van der Waals surface area contributed by atoms with Crippen molar-refractivity contribution in [1.29, 1.82) is 0 Å². The summed E-state index contributed by atoms with van der Waals surface area (Å²) in [6.45, 7) is 9.76. The Balaban J connectivity index is 5.24. The van der Waals surface area contributed by atoms with Gasteiger partial charge in [-0.05, 0) is 37.5 Å². The summed E-state index contributed by atoms with van der Waals surface area (Å²) in [6.07, 6.45) is 69.2. The van der Waals surface area contributed by atoms with Gasteiger partial charge in [0, 0.05) is 25.7 Å². The molecule has 0 rings (SSSR count). The highest BCUT2D eigenvalue weighted by atomic mass is 31.2. The molecule has 0 saturated carbocycles. The predicted octanol–water partition coefficient (Wildman–Crippen LogP) is 26.2. The third-order valence-electron chi connectivity index (χ3n) is 20.6. The summed E-state index contributed by atoms with van der Waals surface area (Å²) in [7, 11) is -9.93. The molecule has 0 fully saturated rings. The van der Waals surface area contributed by atoms with Gasteiger partial charge in [0.15, 0.2) is 12.2 Å². The average Bonchev–Trinajstić information content (AvgIpc) is 0.903. The first-order valence-corrected chi connectivity index (χ1v) is 47.5. The summed E-state index contributed by atoms with van der Waals surface area (Å²) in [4.78, 5) is 73.2. The summed E-state index contributed by atoms with van der Waals surface area (Å²) in [5, 5.41) is 10.7. The maximum atomic E-state index is 13.1. The SMILES string of the molecule is CCCCCCCCCCCCCCCCCC(=O)O[C@H](COC(=O)CCCCCCCCCCCCCC)COP(=O)(O)OC[C@H](O)COP(=O)(O)OC[C@@H](COC(=O)CCCCCCCCCCCCCCCC(C)C)OC(=O)CCCCCCCCCCCCCCCCCCCCC(C)CC. The molecule has 0 amide bonds. The maximum absolute atomic E-state index is 13.1. The molecule has 105 heavy (non-hydrogen) atoms. The highest BCUT2D eigenvalue weighted by Gasteiger charge is 2.30. The van der Waals surface area contributed by atoms with Crippen LogP contribution in [0.3, 0.4) is 0 Å². The Morgan fingerprint density at radius 2 is 0.486 bits per heavy atom. The highest BCUT2D eigenvalue weighted by Crippen LogP contribution is 2.45. The number of phosphoric ester groups is 2. The highest BCUT2D eigenvalue weighted by molar-refractivity contribution is 7.47. The molecule has 0 aromatic rings. The first kappa shape index (κ1) is 103. The van der Waals surface area contributed by atoms with Gasteiger partial charge in [0.2, 0.25) is 0 Å². The van der Waals surface area contributed by atoms with Gasteiger partial charge in [-0.3, -0.25) is 37.3 Å². The van der Waals surface area contributed by atoms with Crippen molar-refractivity contribution in [3.8, 4) is 0 Å². The van der Waals surface area contributed by atoms with Crippen LogP contribution in [0.1, 0.15) is 459 Å². The van der Waals surface area contributed by atoms with E-state index in [1.54, 1.807) is 0 Å². The summed E-state index contributed by atoms with van der Waals surface area (Å²) < 4.78 is 68.9. The second kappa shape index (κ2) is 77.4. The molecule has 0 heterocycles. The lowest BCUT2D eigenvalue weighted by Crippen LogP contribution is -2.30. The largest absolute Gasteiger partial charge is 0.472 e.